The normalized spacial score (nSPS) is 17.3. The number of hydrogen-bond donors (Lipinski definition) is 0. The number of hydrogen-bond acceptors (Lipinski definition) is 6. The fourth-order valence-electron chi connectivity index (χ4n) is 2.50. The highest BCUT2D eigenvalue weighted by Crippen LogP contribution is 2.27. The molecule has 0 N–H and O–H groups in total. The average molecular weight is 353 g/mol. The Hall–Kier alpha value is -1.51. The molecule has 0 spiro atoms. The highest BCUT2D eigenvalue weighted by atomic mass is 32.2. The molecule has 0 aromatic carbocycles. The Morgan fingerprint density at radius 1 is 1.26 bits per heavy atom. The molecule has 2 aromatic rings. The van der Waals surface area contributed by atoms with Gasteiger partial charge < -0.3 is 4.74 Å². The molecular weight excluding hydrogens is 334 g/mol. The summed E-state index contributed by atoms with van der Waals surface area (Å²) in [4.78, 5) is 9.16. The van der Waals surface area contributed by atoms with E-state index in [9.17, 15) is 8.42 Å². The second kappa shape index (κ2) is 6.94. The predicted molar refractivity (Wildman–Crippen MR) is 88.1 cm³/mol. The van der Waals surface area contributed by atoms with Crippen LogP contribution in [-0.2, 0) is 16.4 Å². The first kappa shape index (κ1) is 16.4. The van der Waals surface area contributed by atoms with Gasteiger partial charge in [-0.1, -0.05) is 6.92 Å². The van der Waals surface area contributed by atoms with Crippen LogP contribution < -0.4 is 4.74 Å². The summed E-state index contributed by atoms with van der Waals surface area (Å²) >= 11 is 1.36. The lowest BCUT2D eigenvalue weighted by atomic mass is 10.1. The molecule has 0 atom stereocenters. The highest BCUT2D eigenvalue weighted by Gasteiger charge is 2.31. The van der Waals surface area contributed by atoms with Crippen LogP contribution in [0.3, 0.4) is 0 Å². The first-order chi connectivity index (χ1) is 11.1. The van der Waals surface area contributed by atoms with Crippen molar-refractivity contribution in [3.63, 3.8) is 0 Å². The van der Waals surface area contributed by atoms with Crippen molar-refractivity contribution < 1.29 is 13.2 Å². The molecule has 3 heterocycles. The van der Waals surface area contributed by atoms with Crippen LogP contribution in [0, 0.1) is 0 Å². The van der Waals surface area contributed by atoms with Crippen molar-refractivity contribution in [3.05, 3.63) is 35.5 Å². The largest absolute Gasteiger partial charge is 0.460 e. The number of rotatable bonds is 5. The van der Waals surface area contributed by atoms with Crippen LogP contribution in [0.5, 0.6) is 6.01 Å². The van der Waals surface area contributed by atoms with E-state index in [0.717, 1.165) is 11.3 Å². The second-order valence-corrected chi connectivity index (χ2v) is 8.66. The van der Waals surface area contributed by atoms with Gasteiger partial charge in [-0.15, -0.1) is 11.3 Å². The van der Waals surface area contributed by atoms with E-state index < -0.39 is 10.0 Å². The van der Waals surface area contributed by atoms with Gasteiger partial charge in [-0.25, -0.2) is 18.4 Å². The summed E-state index contributed by atoms with van der Waals surface area (Å²) < 4.78 is 33.0. The van der Waals surface area contributed by atoms with Crippen LogP contribution in [0.1, 0.15) is 24.6 Å². The maximum atomic E-state index is 12.7. The Bertz CT molecular complexity index is 738. The van der Waals surface area contributed by atoms with Crippen molar-refractivity contribution in [1.82, 2.24) is 14.3 Å². The van der Waals surface area contributed by atoms with Gasteiger partial charge in [-0.2, -0.15) is 4.31 Å². The van der Waals surface area contributed by atoms with E-state index in [0.29, 0.717) is 36.2 Å². The van der Waals surface area contributed by atoms with Gasteiger partial charge in [0.15, 0.2) is 0 Å². The van der Waals surface area contributed by atoms with Crippen molar-refractivity contribution in [3.8, 4) is 6.01 Å². The lowest BCUT2D eigenvalue weighted by molar-refractivity contribution is 0.124. The maximum Gasteiger partial charge on any atom is 0.316 e. The van der Waals surface area contributed by atoms with E-state index in [1.807, 2.05) is 13.0 Å². The molecule has 1 saturated heterocycles. The van der Waals surface area contributed by atoms with Gasteiger partial charge in [0.25, 0.3) is 10.0 Å². The fourth-order valence-corrected chi connectivity index (χ4v) is 5.42. The molecule has 0 aliphatic carbocycles. The van der Waals surface area contributed by atoms with E-state index in [2.05, 4.69) is 9.97 Å². The number of sulfonamides is 1. The average Bonchev–Trinajstić information content (AvgIpc) is 3.06. The van der Waals surface area contributed by atoms with Gasteiger partial charge in [-0.3, -0.25) is 0 Å². The zero-order chi connectivity index (χ0) is 16.3. The molecule has 1 aliphatic heterocycles. The van der Waals surface area contributed by atoms with E-state index in [-0.39, 0.29) is 6.10 Å². The van der Waals surface area contributed by atoms with E-state index in [4.69, 9.17) is 4.74 Å². The number of nitrogens with zero attached hydrogens (tertiary/aromatic N) is 3. The van der Waals surface area contributed by atoms with Gasteiger partial charge in [-0.05, 0) is 37.5 Å². The lowest BCUT2D eigenvalue weighted by Gasteiger charge is -2.30. The van der Waals surface area contributed by atoms with Crippen LogP contribution in [0.25, 0.3) is 0 Å². The predicted octanol–water partition coefficient (Wildman–Crippen LogP) is 2.33. The first-order valence-corrected chi connectivity index (χ1v) is 9.88. The topological polar surface area (TPSA) is 72.4 Å². The highest BCUT2D eigenvalue weighted by molar-refractivity contribution is 7.91. The van der Waals surface area contributed by atoms with Gasteiger partial charge in [0.05, 0.1) is 0 Å². The Morgan fingerprint density at radius 2 is 1.96 bits per heavy atom. The Balaban J connectivity index is 1.62. The summed E-state index contributed by atoms with van der Waals surface area (Å²) in [6.07, 6.45) is 5.35. The molecule has 1 aliphatic rings. The van der Waals surface area contributed by atoms with E-state index >= 15 is 0 Å². The van der Waals surface area contributed by atoms with Crippen LogP contribution in [0.4, 0.5) is 0 Å². The van der Waals surface area contributed by atoms with Crippen molar-refractivity contribution in [2.45, 2.75) is 36.5 Å². The molecule has 2 aromatic heterocycles. The van der Waals surface area contributed by atoms with Crippen molar-refractivity contribution in [2.75, 3.05) is 13.1 Å². The monoisotopic (exact) mass is 353 g/mol. The Kier molecular flexibility index (Phi) is 4.93. The van der Waals surface area contributed by atoms with E-state index in [1.54, 1.807) is 28.8 Å². The van der Waals surface area contributed by atoms with Crippen LogP contribution in [0.15, 0.2) is 34.8 Å². The third-order valence-corrected chi connectivity index (χ3v) is 7.39. The Morgan fingerprint density at radius 3 is 2.57 bits per heavy atom. The second-order valence-electron chi connectivity index (χ2n) is 5.33. The van der Waals surface area contributed by atoms with Crippen LogP contribution >= 0.6 is 11.3 Å². The van der Waals surface area contributed by atoms with Crippen molar-refractivity contribution in [2.24, 2.45) is 0 Å². The minimum absolute atomic E-state index is 0.0432. The zero-order valence-corrected chi connectivity index (χ0v) is 14.5. The van der Waals surface area contributed by atoms with Gasteiger partial charge in [0.1, 0.15) is 10.3 Å². The summed E-state index contributed by atoms with van der Waals surface area (Å²) in [7, 11) is -3.38. The lowest BCUT2D eigenvalue weighted by Crippen LogP contribution is -2.41. The number of aryl methyl sites for hydroxylation is 1. The van der Waals surface area contributed by atoms with Crippen LogP contribution in [-0.4, -0.2) is 41.9 Å². The molecule has 0 unspecified atom stereocenters. The zero-order valence-electron chi connectivity index (χ0n) is 12.9. The van der Waals surface area contributed by atoms with Crippen molar-refractivity contribution >= 4 is 21.4 Å². The van der Waals surface area contributed by atoms with Gasteiger partial charge in [0, 0.05) is 30.4 Å². The molecule has 6 nitrogen and oxygen atoms in total. The minimum Gasteiger partial charge on any atom is -0.460 e. The van der Waals surface area contributed by atoms with Gasteiger partial charge >= 0.3 is 6.01 Å². The molecule has 124 valence electrons. The number of aromatic nitrogens is 2. The summed E-state index contributed by atoms with van der Waals surface area (Å²) in [6, 6.07) is 5.67. The van der Waals surface area contributed by atoms with Crippen LogP contribution in [0.2, 0.25) is 0 Å². The fraction of sp³-hybridized carbons (Fsp3) is 0.467. The molecule has 3 rings (SSSR count). The summed E-state index contributed by atoms with van der Waals surface area (Å²) in [5.41, 5.74) is 0. The number of thiophene rings is 1. The molecule has 8 heteroatoms. The van der Waals surface area contributed by atoms with Crippen molar-refractivity contribution in [1.29, 1.82) is 0 Å². The standard InChI is InChI=1S/C15H19N3O3S2/c1-2-13-4-5-14(22-13)23(19,20)18-10-6-12(7-11-18)21-15-16-8-3-9-17-15/h3-5,8-9,12H,2,6-7,10-11H2,1H3. The Labute approximate surface area is 140 Å². The summed E-state index contributed by atoms with van der Waals surface area (Å²) in [5.74, 6) is 0. The third kappa shape index (κ3) is 3.70. The third-order valence-electron chi connectivity index (χ3n) is 3.79. The summed E-state index contributed by atoms with van der Waals surface area (Å²) in [5, 5.41) is 0. The number of piperidine rings is 1. The SMILES string of the molecule is CCc1ccc(S(=O)(=O)N2CCC(Oc3ncccn3)CC2)s1. The smallest absolute Gasteiger partial charge is 0.316 e. The molecule has 23 heavy (non-hydrogen) atoms. The van der Waals surface area contributed by atoms with E-state index in [1.165, 1.54) is 11.3 Å². The molecule has 1 fully saturated rings. The molecule has 0 radical (unpaired) electrons. The van der Waals surface area contributed by atoms with Gasteiger partial charge in [0.2, 0.25) is 0 Å². The first-order valence-electron chi connectivity index (χ1n) is 7.62. The minimum atomic E-state index is -3.38. The molecule has 0 bridgehead atoms. The molecule has 0 amide bonds. The molecular formula is C15H19N3O3S2. The molecule has 0 saturated carbocycles. The summed E-state index contributed by atoms with van der Waals surface area (Å²) in [6.45, 7) is 2.94. The maximum absolute atomic E-state index is 12.7. The number of ether oxygens (including phenoxy) is 1. The quantitative estimate of drug-likeness (QED) is 0.825.